The van der Waals surface area contributed by atoms with Crippen LogP contribution in [-0.2, 0) is 19.1 Å². The van der Waals surface area contributed by atoms with Crippen molar-refractivity contribution in [1.29, 1.82) is 0 Å². The van der Waals surface area contributed by atoms with Crippen LogP contribution in [0.4, 0.5) is 0 Å². The summed E-state index contributed by atoms with van der Waals surface area (Å²) in [5.41, 5.74) is 0. The van der Waals surface area contributed by atoms with Crippen LogP contribution in [0.1, 0.15) is 150 Å². The van der Waals surface area contributed by atoms with Gasteiger partial charge in [0.05, 0.1) is 13.2 Å². The molecule has 0 bridgehead atoms. The van der Waals surface area contributed by atoms with E-state index >= 15 is 0 Å². The lowest BCUT2D eigenvalue weighted by Gasteiger charge is -2.20. The topological polar surface area (TPSA) is 52.6 Å². The molecule has 4 nitrogen and oxygen atoms in total. The van der Waals surface area contributed by atoms with Gasteiger partial charge in [-0.3, -0.25) is 9.59 Å². The molecule has 0 heterocycles. The van der Waals surface area contributed by atoms with Gasteiger partial charge in [0.1, 0.15) is 0 Å². The van der Waals surface area contributed by atoms with Crippen molar-refractivity contribution in [3.63, 3.8) is 0 Å². The van der Waals surface area contributed by atoms with E-state index in [9.17, 15) is 9.59 Å². The molecule has 0 fully saturated rings. The Balaban J connectivity index is 3.43. The van der Waals surface area contributed by atoms with Gasteiger partial charge in [0.25, 0.3) is 0 Å². The summed E-state index contributed by atoms with van der Waals surface area (Å²) in [6.07, 6.45) is 22.0. The highest BCUT2D eigenvalue weighted by molar-refractivity contribution is 5.69. The molecule has 0 spiro atoms. The quantitative estimate of drug-likeness (QED) is 0.105. The number of unbranched alkanes of at least 4 members (excludes halogenated alkanes) is 12. The van der Waals surface area contributed by atoms with E-state index in [1.165, 1.54) is 77.0 Å². The van der Waals surface area contributed by atoms with E-state index < -0.39 is 0 Å². The molecule has 0 aromatic carbocycles. The summed E-state index contributed by atoms with van der Waals surface area (Å²) in [6.45, 7) is 9.75. The van der Waals surface area contributed by atoms with Crippen molar-refractivity contribution in [2.75, 3.05) is 13.2 Å². The molecule has 0 aromatic heterocycles. The van der Waals surface area contributed by atoms with Crippen molar-refractivity contribution < 1.29 is 19.1 Å². The standard InChI is InChI=1S/C29H56O4/c1-5-24-32-28(30)21-19-17-15-13-11-9-7-8-10-12-14-16-18-20-27(26(3)4)22-23-29(31)33-25-6-2/h26-27H,5-25H2,1-4H3. The molecule has 0 N–H and O–H groups in total. The molecule has 1 atom stereocenters. The maximum absolute atomic E-state index is 11.7. The molecule has 1 unspecified atom stereocenters. The van der Waals surface area contributed by atoms with Crippen LogP contribution in [0, 0.1) is 11.8 Å². The second kappa shape index (κ2) is 24.1. The fourth-order valence-electron chi connectivity index (χ4n) is 4.31. The van der Waals surface area contributed by atoms with Gasteiger partial charge < -0.3 is 9.47 Å². The number of carbonyl (C=O) groups excluding carboxylic acids is 2. The van der Waals surface area contributed by atoms with Gasteiger partial charge in [-0.25, -0.2) is 0 Å². The summed E-state index contributed by atoms with van der Waals surface area (Å²) in [7, 11) is 0. The van der Waals surface area contributed by atoms with Gasteiger partial charge in [-0.1, -0.05) is 111 Å². The zero-order valence-corrected chi connectivity index (χ0v) is 22.6. The molecule has 33 heavy (non-hydrogen) atoms. The lowest BCUT2D eigenvalue weighted by Crippen LogP contribution is -2.13. The Hall–Kier alpha value is -1.06. The third kappa shape index (κ3) is 22.5. The van der Waals surface area contributed by atoms with E-state index in [1.54, 1.807) is 0 Å². The zero-order chi connectivity index (χ0) is 24.6. The maximum atomic E-state index is 11.7. The van der Waals surface area contributed by atoms with Gasteiger partial charge in [0, 0.05) is 12.8 Å². The summed E-state index contributed by atoms with van der Waals surface area (Å²) in [4.78, 5) is 23.2. The van der Waals surface area contributed by atoms with Gasteiger partial charge in [-0.05, 0) is 37.5 Å². The zero-order valence-electron chi connectivity index (χ0n) is 22.6. The third-order valence-electron chi connectivity index (χ3n) is 6.55. The lowest BCUT2D eigenvalue weighted by molar-refractivity contribution is -0.144. The SMILES string of the molecule is CCCOC(=O)CCCCCCCCCCCCCCCC(CCC(=O)OCCC)C(C)C. The fraction of sp³-hybridized carbons (Fsp3) is 0.931. The molecule has 0 radical (unpaired) electrons. The largest absolute Gasteiger partial charge is 0.466 e. The van der Waals surface area contributed by atoms with Crippen LogP contribution in [0.15, 0.2) is 0 Å². The van der Waals surface area contributed by atoms with Gasteiger partial charge in [0.15, 0.2) is 0 Å². The molecule has 0 amide bonds. The first-order valence-corrected chi connectivity index (χ1v) is 14.3. The van der Waals surface area contributed by atoms with Crippen LogP contribution >= 0.6 is 0 Å². The van der Waals surface area contributed by atoms with Crippen molar-refractivity contribution in [1.82, 2.24) is 0 Å². The van der Waals surface area contributed by atoms with Crippen molar-refractivity contribution in [3.8, 4) is 0 Å². The lowest BCUT2D eigenvalue weighted by atomic mass is 9.86. The molecule has 0 aromatic rings. The van der Waals surface area contributed by atoms with Crippen LogP contribution in [0.3, 0.4) is 0 Å². The van der Waals surface area contributed by atoms with Crippen LogP contribution in [0.2, 0.25) is 0 Å². The Labute approximate surface area is 206 Å². The smallest absolute Gasteiger partial charge is 0.305 e. The first kappa shape index (κ1) is 31.9. The Morgan fingerprint density at radius 2 is 0.939 bits per heavy atom. The fourth-order valence-corrected chi connectivity index (χ4v) is 4.31. The first-order valence-electron chi connectivity index (χ1n) is 14.3. The Kier molecular flexibility index (Phi) is 23.3. The van der Waals surface area contributed by atoms with E-state index in [0.29, 0.717) is 37.9 Å². The summed E-state index contributed by atoms with van der Waals surface area (Å²) in [6, 6.07) is 0. The number of rotatable bonds is 24. The number of hydrogen-bond acceptors (Lipinski definition) is 4. The van der Waals surface area contributed by atoms with Crippen molar-refractivity contribution in [2.24, 2.45) is 11.8 Å². The van der Waals surface area contributed by atoms with Crippen LogP contribution in [0.25, 0.3) is 0 Å². The molecular weight excluding hydrogens is 412 g/mol. The van der Waals surface area contributed by atoms with E-state index in [4.69, 9.17) is 9.47 Å². The molecule has 0 rings (SSSR count). The van der Waals surface area contributed by atoms with Gasteiger partial charge in [0.2, 0.25) is 0 Å². The predicted molar refractivity (Wildman–Crippen MR) is 139 cm³/mol. The highest BCUT2D eigenvalue weighted by Gasteiger charge is 2.15. The minimum atomic E-state index is -0.0269. The highest BCUT2D eigenvalue weighted by atomic mass is 16.5. The van der Waals surface area contributed by atoms with E-state index in [-0.39, 0.29) is 11.9 Å². The molecule has 196 valence electrons. The molecular formula is C29H56O4. The molecule has 0 saturated heterocycles. The molecule has 0 aliphatic carbocycles. The Morgan fingerprint density at radius 3 is 1.36 bits per heavy atom. The van der Waals surface area contributed by atoms with E-state index in [0.717, 1.165) is 32.1 Å². The number of esters is 2. The van der Waals surface area contributed by atoms with Crippen molar-refractivity contribution in [2.45, 2.75) is 150 Å². The maximum Gasteiger partial charge on any atom is 0.305 e. The number of hydrogen-bond donors (Lipinski definition) is 0. The van der Waals surface area contributed by atoms with Crippen LogP contribution in [-0.4, -0.2) is 25.2 Å². The van der Waals surface area contributed by atoms with Crippen molar-refractivity contribution in [3.05, 3.63) is 0 Å². The molecule has 0 saturated carbocycles. The van der Waals surface area contributed by atoms with Gasteiger partial charge in [-0.2, -0.15) is 0 Å². The Bertz CT molecular complexity index is 447. The predicted octanol–water partition coefficient (Wildman–Crippen LogP) is 8.80. The highest BCUT2D eigenvalue weighted by Crippen LogP contribution is 2.24. The van der Waals surface area contributed by atoms with Crippen LogP contribution in [0.5, 0.6) is 0 Å². The second-order valence-electron chi connectivity index (χ2n) is 10.1. The Morgan fingerprint density at radius 1 is 0.545 bits per heavy atom. The first-order chi connectivity index (χ1) is 16.0. The van der Waals surface area contributed by atoms with Crippen molar-refractivity contribution >= 4 is 11.9 Å². The summed E-state index contributed by atoms with van der Waals surface area (Å²) in [5.74, 6) is 1.24. The van der Waals surface area contributed by atoms with Crippen LogP contribution < -0.4 is 0 Å². The molecule has 0 aliphatic heterocycles. The van der Waals surface area contributed by atoms with E-state index in [2.05, 4.69) is 13.8 Å². The molecule has 0 aliphatic rings. The minimum Gasteiger partial charge on any atom is -0.466 e. The van der Waals surface area contributed by atoms with E-state index in [1.807, 2.05) is 13.8 Å². The van der Waals surface area contributed by atoms with Gasteiger partial charge in [-0.15, -0.1) is 0 Å². The summed E-state index contributed by atoms with van der Waals surface area (Å²) < 4.78 is 10.3. The normalized spacial score (nSPS) is 12.2. The average Bonchev–Trinajstić information content (AvgIpc) is 2.80. The summed E-state index contributed by atoms with van der Waals surface area (Å²) >= 11 is 0. The minimum absolute atomic E-state index is 0.0214. The summed E-state index contributed by atoms with van der Waals surface area (Å²) in [5, 5.41) is 0. The second-order valence-corrected chi connectivity index (χ2v) is 10.1. The van der Waals surface area contributed by atoms with Gasteiger partial charge >= 0.3 is 11.9 Å². The average molecular weight is 469 g/mol. The number of ether oxygens (including phenoxy) is 2. The monoisotopic (exact) mass is 468 g/mol. The number of carbonyl (C=O) groups is 2. The third-order valence-corrected chi connectivity index (χ3v) is 6.55. The molecule has 4 heteroatoms.